The Morgan fingerprint density at radius 1 is 1.25 bits per heavy atom. The summed E-state index contributed by atoms with van der Waals surface area (Å²) in [5.74, 6) is 0.574. The molecule has 0 saturated carbocycles. The zero-order valence-corrected chi connectivity index (χ0v) is 15.1. The van der Waals surface area contributed by atoms with Gasteiger partial charge < -0.3 is 14.1 Å². The molecule has 20 heavy (non-hydrogen) atoms. The van der Waals surface area contributed by atoms with Crippen LogP contribution < -0.4 is 0 Å². The van der Waals surface area contributed by atoms with Crippen molar-refractivity contribution >= 4 is 8.32 Å². The van der Waals surface area contributed by atoms with Crippen molar-refractivity contribution in [3.8, 4) is 0 Å². The SMILES string of the molecule is CCCC(C)/C(=C/O[Si](C)(CC)CC)N1CCOCC1. The zero-order valence-electron chi connectivity index (χ0n) is 14.1. The van der Waals surface area contributed by atoms with Gasteiger partial charge in [0, 0.05) is 18.8 Å². The average molecular weight is 300 g/mol. The Morgan fingerprint density at radius 2 is 1.85 bits per heavy atom. The lowest BCUT2D eigenvalue weighted by Gasteiger charge is -2.35. The summed E-state index contributed by atoms with van der Waals surface area (Å²) < 4.78 is 11.8. The summed E-state index contributed by atoms with van der Waals surface area (Å²) >= 11 is 0. The van der Waals surface area contributed by atoms with Crippen molar-refractivity contribution in [2.24, 2.45) is 5.92 Å². The largest absolute Gasteiger partial charge is 0.548 e. The number of morpholine rings is 1. The molecule has 0 N–H and O–H groups in total. The fourth-order valence-electron chi connectivity index (χ4n) is 2.52. The molecule has 1 unspecified atom stereocenters. The zero-order chi connectivity index (χ0) is 15.0. The quantitative estimate of drug-likeness (QED) is 0.494. The van der Waals surface area contributed by atoms with Crippen LogP contribution in [-0.2, 0) is 9.16 Å². The number of rotatable bonds is 8. The lowest BCUT2D eigenvalue weighted by molar-refractivity contribution is 0.0473. The van der Waals surface area contributed by atoms with Gasteiger partial charge in [-0.3, -0.25) is 0 Å². The highest BCUT2D eigenvalue weighted by atomic mass is 28.4. The second kappa shape index (κ2) is 8.73. The maximum Gasteiger partial charge on any atom is 0.247 e. The van der Waals surface area contributed by atoms with E-state index in [-0.39, 0.29) is 0 Å². The van der Waals surface area contributed by atoms with E-state index in [4.69, 9.17) is 9.16 Å². The molecule has 1 saturated heterocycles. The molecule has 1 fully saturated rings. The molecule has 0 aromatic carbocycles. The van der Waals surface area contributed by atoms with Crippen LogP contribution in [0.1, 0.15) is 40.5 Å². The minimum atomic E-state index is -1.53. The first-order valence-electron chi connectivity index (χ1n) is 8.26. The van der Waals surface area contributed by atoms with Gasteiger partial charge in [0.05, 0.1) is 19.5 Å². The average Bonchev–Trinajstić information content (AvgIpc) is 2.48. The molecule has 0 aromatic rings. The van der Waals surface area contributed by atoms with Crippen LogP contribution in [0.5, 0.6) is 0 Å². The first-order valence-corrected chi connectivity index (χ1v) is 11.1. The monoisotopic (exact) mass is 299 g/mol. The fraction of sp³-hybridized carbons (Fsp3) is 0.875. The van der Waals surface area contributed by atoms with E-state index in [0.29, 0.717) is 5.92 Å². The molecular weight excluding hydrogens is 266 g/mol. The third-order valence-corrected chi connectivity index (χ3v) is 8.24. The molecule has 1 aliphatic rings. The van der Waals surface area contributed by atoms with Crippen LogP contribution in [0.4, 0.5) is 0 Å². The number of ether oxygens (including phenoxy) is 1. The van der Waals surface area contributed by atoms with E-state index in [1.165, 1.54) is 30.6 Å². The molecule has 0 spiro atoms. The Kier molecular flexibility index (Phi) is 7.67. The Balaban J connectivity index is 2.79. The van der Waals surface area contributed by atoms with E-state index in [2.05, 4.69) is 45.4 Å². The predicted octanol–water partition coefficient (Wildman–Crippen LogP) is 4.23. The van der Waals surface area contributed by atoms with E-state index in [1.54, 1.807) is 0 Å². The van der Waals surface area contributed by atoms with Crippen molar-refractivity contribution in [2.45, 2.75) is 59.2 Å². The Labute approximate surface area is 126 Å². The molecule has 118 valence electrons. The lowest BCUT2D eigenvalue weighted by Crippen LogP contribution is -2.38. The van der Waals surface area contributed by atoms with Gasteiger partial charge in [-0.15, -0.1) is 0 Å². The number of hydrogen-bond acceptors (Lipinski definition) is 3. The summed E-state index contributed by atoms with van der Waals surface area (Å²) in [6, 6.07) is 2.36. The first-order chi connectivity index (χ1) is 9.56. The minimum Gasteiger partial charge on any atom is -0.548 e. The van der Waals surface area contributed by atoms with Crippen LogP contribution in [0.15, 0.2) is 12.0 Å². The van der Waals surface area contributed by atoms with Crippen LogP contribution in [0, 0.1) is 5.92 Å². The topological polar surface area (TPSA) is 21.7 Å². The Morgan fingerprint density at radius 3 is 2.35 bits per heavy atom. The second-order valence-corrected chi connectivity index (χ2v) is 10.7. The summed E-state index contributed by atoms with van der Waals surface area (Å²) in [4.78, 5) is 2.46. The standard InChI is InChI=1S/C16H33NO2Si/c1-6-9-15(4)16(17-10-12-18-13-11-17)14-19-20(5,7-2)8-3/h14-15H,6-13H2,1-5H3/b16-14-. The molecule has 0 radical (unpaired) electrons. The van der Waals surface area contributed by atoms with E-state index in [0.717, 1.165) is 26.3 Å². The highest BCUT2D eigenvalue weighted by molar-refractivity contribution is 6.72. The minimum absolute atomic E-state index is 0.574. The van der Waals surface area contributed by atoms with Crippen LogP contribution >= 0.6 is 0 Å². The van der Waals surface area contributed by atoms with E-state index < -0.39 is 8.32 Å². The van der Waals surface area contributed by atoms with E-state index in [9.17, 15) is 0 Å². The molecule has 3 nitrogen and oxygen atoms in total. The predicted molar refractivity (Wildman–Crippen MR) is 88.2 cm³/mol. The first kappa shape index (κ1) is 17.6. The molecule has 1 rings (SSSR count). The van der Waals surface area contributed by atoms with Crippen molar-refractivity contribution in [1.29, 1.82) is 0 Å². The van der Waals surface area contributed by atoms with Crippen LogP contribution in [0.2, 0.25) is 18.6 Å². The molecule has 0 amide bonds. The van der Waals surface area contributed by atoms with Crippen molar-refractivity contribution in [1.82, 2.24) is 4.90 Å². The van der Waals surface area contributed by atoms with Crippen LogP contribution in [0.25, 0.3) is 0 Å². The van der Waals surface area contributed by atoms with Gasteiger partial charge in [-0.2, -0.15) is 0 Å². The summed E-state index contributed by atoms with van der Waals surface area (Å²) in [7, 11) is -1.53. The van der Waals surface area contributed by atoms with Crippen molar-refractivity contribution in [2.75, 3.05) is 26.3 Å². The van der Waals surface area contributed by atoms with Gasteiger partial charge in [0.2, 0.25) is 8.32 Å². The Bertz CT molecular complexity index is 297. The number of hydrogen-bond donors (Lipinski definition) is 0. The van der Waals surface area contributed by atoms with E-state index >= 15 is 0 Å². The second-order valence-electron chi connectivity index (χ2n) is 6.11. The van der Waals surface area contributed by atoms with Crippen molar-refractivity contribution in [3.63, 3.8) is 0 Å². The van der Waals surface area contributed by atoms with Gasteiger partial charge in [-0.1, -0.05) is 34.1 Å². The van der Waals surface area contributed by atoms with Gasteiger partial charge in [0.1, 0.15) is 0 Å². The van der Waals surface area contributed by atoms with Gasteiger partial charge in [0.15, 0.2) is 0 Å². The van der Waals surface area contributed by atoms with Gasteiger partial charge >= 0.3 is 0 Å². The molecule has 0 aliphatic carbocycles. The number of allylic oxidation sites excluding steroid dienone is 1. The van der Waals surface area contributed by atoms with Gasteiger partial charge in [0.25, 0.3) is 0 Å². The smallest absolute Gasteiger partial charge is 0.247 e. The maximum absolute atomic E-state index is 6.31. The fourth-order valence-corrected chi connectivity index (χ4v) is 3.76. The molecule has 1 heterocycles. The lowest BCUT2D eigenvalue weighted by atomic mass is 10.0. The van der Waals surface area contributed by atoms with E-state index in [1.807, 2.05) is 0 Å². The third-order valence-electron chi connectivity index (χ3n) is 4.56. The van der Waals surface area contributed by atoms with Crippen molar-refractivity contribution in [3.05, 3.63) is 12.0 Å². The highest BCUT2D eigenvalue weighted by Crippen LogP contribution is 2.24. The van der Waals surface area contributed by atoms with Gasteiger partial charge in [-0.05, 0) is 31.0 Å². The molecular formula is C16H33NO2Si. The summed E-state index contributed by atoms with van der Waals surface area (Å²) in [6.45, 7) is 15.1. The third kappa shape index (κ3) is 5.13. The maximum atomic E-state index is 6.31. The molecule has 0 aromatic heterocycles. The van der Waals surface area contributed by atoms with Crippen LogP contribution in [-0.4, -0.2) is 39.5 Å². The number of nitrogens with zero attached hydrogens (tertiary/aromatic N) is 1. The Hall–Kier alpha value is -0.483. The highest BCUT2D eigenvalue weighted by Gasteiger charge is 2.26. The molecule has 1 atom stereocenters. The summed E-state index contributed by atoms with van der Waals surface area (Å²) in [5, 5.41) is 0. The molecule has 0 bridgehead atoms. The van der Waals surface area contributed by atoms with Gasteiger partial charge in [-0.25, -0.2) is 0 Å². The molecule has 1 aliphatic heterocycles. The summed E-state index contributed by atoms with van der Waals surface area (Å²) in [6.07, 6.45) is 4.55. The molecule has 4 heteroatoms. The normalized spacial score (nSPS) is 19.1. The van der Waals surface area contributed by atoms with Crippen LogP contribution in [0.3, 0.4) is 0 Å². The van der Waals surface area contributed by atoms with Crippen molar-refractivity contribution < 1.29 is 9.16 Å². The summed E-state index contributed by atoms with van der Waals surface area (Å²) in [5.41, 5.74) is 1.38.